The topological polar surface area (TPSA) is 97.4 Å². The number of amides is 1. The Balaban J connectivity index is 2.02. The molecular weight excluding hydrogens is 398 g/mol. The van der Waals surface area contributed by atoms with E-state index in [0.717, 1.165) is 49.8 Å². The van der Waals surface area contributed by atoms with Gasteiger partial charge in [0.2, 0.25) is 15.9 Å². The van der Waals surface area contributed by atoms with Crippen LogP contribution in [0.5, 0.6) is 11.5 Å². The molecule has 0 aliphatic carbocycles. The van der Waals surface area contributed by atoms with Crippen LogP contribution in [0.4, 0.5) is 5.69 Å². The zero-order chi connectivity index (χ0) is 21.4. The highest BCUT2D eigenvalue weighted by Crippen LogP contribution is 2.33. The minimum atomic E-state index is -3.70. The van der Waals surface area contributed by atoms with Gasteiger partial charge in [-0.25, -0.2) is 8.42 Å². The van der Waals surface area contributed by atoms with Gasteiger partial charge in [-0.15, -0.1) is 0 Å². The number of sulfonamides is 1. The molecule has 1 heterocycles. The summed E-state index contributed by atoms with van der Waals surface area (Å²) in [6.45, 7) is 6.16. The first-order valence-electron chi connectivity index (χ1n) is 9.57. The molecule has 1 N–H and O–H groups in total. The summed E-state index contributed by atoms with van der Waals surface area (Å²) in [5, 5.41) is 2.84. The molecule has 2 rings (SSSR count). The van der Waals surface area contributed by atoms with Crippen molar-refractivity contribution in [2.45, 2.75) is 19.4 Å². The van der Waals surface area contributed by atoms with Crippen molar-refractivity contribution in [3.8, 4) is 11.5 Å². The summed E-state index contributed by atoms with van der Waals surface area (Å²) < 4.78 is 41.7. The van der Waals surface area contributed by atoms with Crippen LogP contribution in [0.3, 0.4) is 0 Å². The third-order valence-corrected chi connectivity index (χ3v) is 6.01. The lowest BCUT2D eigenvalue weighted by Crippen LogP contribution is -2.48. The second kappa shape index (κ2) is 10.7. The van der Waals surface area contributed by atoms with E-state index in [4.69, 9.17) is 14.2 Å². The largest absolute Gasteiger partial charge is 0.493 e. The zero-order valence-electron chi connectivity index (χ0n) is 17.5. The number of carbonyl (C=O) groups excluding carboxylic acids is 1. The standard InChI is InChI=1S/C19H31N3O6S/c1-15(19(23)20-8-5-9-21-10-12-28-13-11-21)22(29(4,24)25)16-6-7-17(26-2)18(14-16)27-3/h6-7,14-15H,5,8-13H2,1-4H3,(H,20,23)/t15-/m0/s1. The molecule has 0 bridgehead atoms. The Kier molecular flexibility index (Phi) is 8.54. The van der Waals surface area contributed by atoms with E-state index < -0.39 is 16.1 Å². The summed E-state index contributed by atoms with van der Waals surface area (Å²) >= 11 is 0. The second-order valence-electron chi connectivity index (χ2n) is 6.87. The van der Waals surface area contributed by atoms with Gasteiger partial charge in [-0.1, -0.05) is 0 Å². The number of hydrogen-bond donors (Lipinski definition) is 1. The van der Waals surface area contributed by atoms with E-state index in [0.29, 0.717) is 23.7 Å². The third kappa shape index (κ3) is 6.48. The quantitative estimate of drug-likeness (QED) is 0.547. The van der Waals surface area contributed by atoms with Crippen LogP contribution in [-0.4, -0.2) is 85.1 Å². The van der Waals surface area contributed by atoms with Crippen molar-refractivity contribution in [2.75, 3.05) is 64.2 Å². The van der Waals surface area contributed by atoms with Gasteiger partial charge in [0.25, 0.3) is 0 Å². The molecule has 1 aromatic rings. The normalized spacial score (nSPS) is 16.1. The Morgan fingerprint density at radius 3 is 2.48 bits per heavy atom. The number of carbonyl (C=O) groups is 1. The molecule has 1 saturated heterocycles. The Morgan fingerprint density at radius 1 is 1.24 bits per heavy atom. The minimum absolute atomic E-state index is 0.334. The lowest BCUT2D eigenvalue weighted by molar-refractivity contribution is -0.121. The van der Waals surface area contributed by atoms with Gasteiger partial charge in [0.1, 0.15) is 6.04 Å². The molecule has 1 amide bonds. The van der Waals surface area contributed by atoms with E-state index in [1.165, 1.54) is 14.2 Å². The Morgan fingerprint density at radius 2 is 1.90 bits per heavy atom. The molecule has 0 unspecified atom stereocenters. The highest BCUT2D eigenvalue weighted by molar-refractivity contribution is 7.92. The van der Waals surface area contributed by atoms with Crippen LogP contribution in [0.15, 0.2) is 18.2 Å². The van der Waals surface area contributed by atoms with Gasteiger partial charge in [0, 0.05) is 25.7 Å². The minimum Gasteiger partial charge on any atom is -0.493 e. The van der Waals surface area contributed by atoms with Crippen LogP contribution < -0.4 is 19.1 Å². The molecule has 0 radical (unpaired) electrons. The van der Waals surface area contributed by atoms with Gasteiger partial charge in [-0.05, 0) is 32.0 Å². The average Bonchev–Trinajstić information content (AvgIpc) is 2.70. The predicted octanol–water partition coefficient (Wildman–Crippen LogP) is 0.697. The van der Waals surface area contributed by atoms with E-state index in [-0.39, 0.29) is 5.91 Å². The smallest absolute Gasteiger partial charge is 0.243 e. The van der Waals surface area contributed by atoms with Crippen LogP contribution in [0.2, 0.25) is 0 Å². The van der Waals surface area contributed by atoms with Gasteiger partial charge in [0.05, 0.1) is 39.4 Å². The second-order valence-corrected chi connectivity index (χ2v) is 8.73. The van der Waals surface area contributed by atoms with Gasteiger partial charge < -0.3 is 19.5 Å². The molecule has 29 heavy (non-hydrogen) atoms. The van der Waals surface area contributed by atoms with Crippen molar-refractivity contribution in [1.82, 2.24) is 10.2 Å². The molecule has 164 valence electrons. The van der Waals surface area contributed by atoms with Gasteiger partial charge >= 0.3 is 0 Å². The van der Waals surface area contributed by atoms with Crippen molar-refractivity contribution >= 4 is 21.6 Å². The first-order valence-corrected chi connectivity index (χ1v) is 11.4. The van der Waals surface area contributed by atoms with Gasteiger partial charge in [-0.3, -0.25) is 14.0 Å². The van der Waals surface area contributed by atoms with E-state index in [1.54, 1.807) is 25.1 Å². The number of hydrogen-bond acceptors (Lipinski definition) is 7. The lowest BCUT2D eigenvalue weighted by atomic mass is 10.2. The van der Waals surface area contributed by atoms with Crippen molar-refractivity contribution in [2.24, 2.45) is 0 Å². The molecule has 9 nitrogen and oxygen atoms in total. The van der Waals surface area contributed by atoms with E-state index in [1.807, 2.05) is 0 Å². The summed E-state index contributed by atoms with van der Waals surface area (Å²) in [7, 11) is -0.732. The van der Waals surface area contributed by atoms with Crippen molar-refractivity contribution in [3.63, 3.8) is 0 Å². The van der Waals surface area contributed by atoms with E-state index in [9.17, 15) is 13.2 Å². The van der Waals surface area contributed by atoms with Gasteiger partial charge in [0.15, 0.2) is 11.5 Å². The Bertz CT molecular complexity index is 780. The number of nitrogens with zero attached hydrogens (tertiary/aromatic N) is 2. The van der Waals surface area contributed by atoms with Crippen molar-refractivity contribution < 1.29 is 27.4 Å². The fourth-order valence-corrected chi connectivity index (χ4v) is 4.42. The molecule has 1 aliphatic heterocycles. The summed E-state index contributed by atoms with van der Waals surface area (Å²) in [5.41, 5.74) is 0.334. The van der Waals surface area contributed by atoms with Crippen LogP contribution in [0.25, 0.3) is 0 Å². The molecule has 1 fully saturated rings. The fourth-order valence-electron chi connectivity index (χ4n) is 3.26. The predicted molar refractivity (Wildman–Crippen MR) is 111 cm³/mol. The molecule has 1 atom stereocenters. The first-order chi connectivity index (χ1) is 13.8. The monoisotopic (exact) mass is 429 g/mol. The maximum absolute atomic E-state index is 12.6. The molecular formula is C19H31N3O6S. The molecule has 0 aromatic heterocycles. The molecule has 1 aromatic carbocycles. The maximum Gasteiger partial charge on any atom is 0.243 e. The summed E-state index contributed by atoms with van der Waals surface area (Å²) in [4.78, 5) is 14.9. The highest BCUT2D eigenvalue weighted by Gasteiger charge is 2.29. The molecule has 0 spiro atoms. The number of anilines is 1. The number of benzene rings is 1. The fraction of sp³-hybridized carbons (Fsp3) is 0.632. The summed E-state index contributed by atoms with van der Waals surface area (Å²) in [6.07, 6.45) is 1.86. The summed E-state index contributed by atoms with van der Waals surface area (Å²) in [5.74, 6) is 0.508. The molecule has 1 aliphatic rings. The van der Waals surface area contributed by atoms with Crippen molar-refractivity contribution in [3.05, 3.63) is 18.2 Å². The number of ether oxygens (including phenoxy) is 3. The number of methoxy groups -OCH3 is 2. The zero-order valence-corrected chi connectivity index (χ0v) is 18.3. The number of nitrogens with one attached hydrogen (secondary N) is 1. The van der Waals surface area contributed by atoms with Crippen LogP contribution >= 0.6 is 0 Å². The Labute approximate surface area is 173 Å². The maximum atomic E-state index is 12.6. The van der Waals surface area contributed by atoms with Crippen molar-refractivity contribution in [1.29, 1.82) is 0 Å². The van der Waals surface area contributed by atoms with Gasteiger partial charge in [-0.2, -0.15) is 0 Å². The van der Waals surface area contributed by atoms with Crippen LogP contribution in [0, 0.1) is 0 Å². The lowest BCUT2D eigenvalue weighted by Gasteiger charge is -2.29. The SMILES string of the molecule is COc1ccc(N([C@@H](C)C(=O)NCCCN2CCOCC2)S(C)(=O)=O)cc1OC. The highest BCUT2D eigenvalue weighted by atomic mass is 32.2. The first kappa shape index (κ1) is 23.2. The van der Waals surface area contributed by atoms with E-state index in [2.05, 4.69) is 10.2 Å². The van der Waals surface area contributed by atoms with E-state index >= 15 is 0 Å². The number of rotatable bonds is 10. The number of morpholine rings is 1. The third-order valence-electron chi connectivity index (χ3n) is 4.76. The van der Waals surface area contributed by atoms with Crippen LogP contribution in [0.1, 0.15) is 13.3 Å². The Hall–Kier alpha value is -2.04. The molecule has 10 heteroatoms. The average molecular weight is 430 g/mol. The summed E-state index contributed by atoms with van der Waals surface area (Å²) in [6, 6.07) is 3.83. The van der Waals surface area contributed by atoms with Crippen LogP contribution in [-0.2, 0) is 19.6 Å². The molecule has 0 saturated carbocycles.